The van der Waals surface area contributed by atoms with Gasteiger partial charge in [0, 0.05) is 0 Å². The van der Waals surface area contributed by atoms with Crippen LogP contribution in [0.2, 0.25) is 0 Å². The molecular formula is C15H15NO5. The van der Waals surface area contributed by atoms with Gasteiger partial charge in [-0.1, -0.05) is 0 Å². The second-order valence-corrected chi connectivity index (χ2v) is 4.39. The normalized spacial score (nSPS) is 11.7. The van der Waals surface area contributed by atoms with Gasteiger partial charge in [0.25, 0.3) is 5.91 Å². The number of aromatic hydroxyl groups is 1. The highest BCUT2D eigenvalue weighted by atomic mass is 16.5. The van der Waals surface area contributed by atoms with Crippen LogP contribution in [0.15, 0.2) is 47.1 Å². The summed E-state index contributed by atoms with van der Waals surface area (Å²) in [6, 6.07) is 9.04. The molecule has 2 N–H and O–H groups in total. The van der Waals surface area contributed by atoms with E-state index < -0.39 is 18.0 Å². The molecule has 1 heterocycles. The van der Waals surface area contributed by atoms with Gasteiger partial charge in [-0.3, -0.25) is 4.79 Å². The molecule has 1 aromatic heterocycles. The number of benzene rings is 1. The lowest BCUT2D eigenvalue weighted by Gasteiger charge is -2.13. The maximum Gasteiger partial charge on any atom is 0.338 e. The van der Waals surface area contributed by atoms with E-state index in [9.17, 15) is 9.59 Å². The zero-order valence-electron chi connectivity index (χ0n) is 11.4. The molecule has 0 aliphatic heterocycles. The first-order valence-electron chi connectivity index (χ1n) is 6.36. The molecule has 1 atom stereocenters. The monoisotopic (exact) mass is 289 g/mol. The Morgan fingerprint density at radius 3 is 2.62 bits per heavy atom. The maximum absolute atomic E-state index is 11.8. The molecule has 21 heavy (non-hydrogen) atoms. The highest BCUT2D eigenvalue weighted by Gasteiger charge is 2.18. The summed E-state index contributed by atoms with van der Waals surface area (Å²) >= 11 is 0. The highest BCUT2D eigenvalue weighted by molar-refractivity contribution is 5.92. The molecule has 0 aliphatic carbocycles. The minimum atomic E-state index is -0.929. The average Bonchev–Trinajstić information content (AvgIpc) is 2.98. The summed E-state index contributed by atoms with van der Waals surface area (Å²) in [6.45, 7) is 1.71. The van der Waals surface area contributed by atoms with Gasteiger partial charge in [-0.25, -0.2) is 4.79 Å². The SMILES string of the molecule is C[C@@H](OC(=O)c1ccc(O)cc1)C(=O)NCc1ccco1. The van der Waals surface area contributed by atoms with Gasteiger partial charge < -0.3 is 19.6 Å². The Morgan fingerprint density at radius 2 is 2.00 bits per heavy atom. The lowest BCUT2D eigenvalue weighted by molar-refractivity contribution is -0.129. The zero-order chi connectivity index (χ0) is 15.2. The van der Waals surface area contributed by atoms with Gasteiger partial charge in [0.05, 0.1) is 18.4 Å². The quantitative estimate of drug-likeness (QED) is 0.820. The summed E-state index contributed by atoms with van der Waals surface area (Å²) in [5.41, 5.74) is 0.262. The van der Waals surface area contributed by atoms with E-state index in [-0.39, 0.29) is 17.9 Å². The second kappa shape index (κ2) is 6.60. The number of hydrogen-bond donors (Lipinski definition) is 2. The van der Waals surface area contributed by atoms with Gasteiger partial charge in [0.15, 0.2) is 6.10 Å². The van der Waals surface area contributed by atoms with Crippen molar-refractivity contribution in [3.63, 3.8) is 0 Å². The fourth-order valence-electron chi connectivity index (χ4n) is 1.61. The van der Waals surface area contributed by atoms with Gasteiger partial charge in [0.2, 0.25) is 0 Å². The van der Waals surface area contributed by atoms with Gasteiger partial charge >= 0.3 is 5.97 Å². The van der Waals surface area contributed by atoms with Crippen LogP contribution in [0.4, 0.5) is 0 Å². The van der Waals surface area contributed by atoms with Crippen molar-refractivity contribution in [3.8, 4) is 5.75 Å². The third-order valence-electron chi connectivity index (χ3n) is 2.77. The summed E-state index contributed by atoms with van der Waals surface area (Å²) < 4.78 is 10.1. The number of ether oxygens (including phenoxy) is 1. The maximum atomic E-state index is 11.8. The smallest absolute Gasteiger partial charge is 0.338 e. The van der Waals surface area contributed by atoms with Crippen molar-refractivity contribution in [1.82, 2.24) is 5.32 Å². The molecule has 6 nitrogen and oxygen atoms in total. The molecule has 2 rings (SSSR count). The van der Waals surface area contributed by atoms with E-state index in [1.807, 2.05) is 0 Å². The predicted octanol–water partition coefficient (Wildman–Crippen LogP) is 1.85. The van der Waals surface area contributed by atoms with Crippen molar-refractivity contribution in [2.75, 3.05) is 0 Å². The van der Waals surface area contributed by atoms with Crippen molar-refractivity contribution < 1.29 is 23.8 Å². The van der Waals surface area contributed by atoms with Gasteiger partial charge in [-0.15, -0.1) is 0 Å². The first-order valence-corrected chi connectivity index (χ1v) is 6.36. The standard InChI is InChI=1S/C15H15NO5/c1-10(14(18)16-9-13-3-2-8-20-13)21-15(19)11-4-6-12(17)7-5-11/h2-8,10,17H,9H2,1H3,(H,16,18)/t10-/m1/s1. The topological polar surface area (TPSA) is 88.8 Å². The minimum Gasteiger partial charge on any atom is -0.508 e. The number of rotatable bonds is 5. The number of phenolic OH excluding ortho intramolecular Hbond substituents is 1. The third-order valence-corrected chi connectivity index (χ3v) is 2.77. The number of phenols is 1. The van der Waals surface area contributed by atoms with Crippen LogP contribution < -0.4 is 5.32 Å². The van der Waals surface area contributed by atoms with E-state index in [1.54, 1.807) is 12.1 Å². The zero-order valence-corrected chi connectivity index (χ0v) is 11.4. The van der Waals surface area contributed by atoms with E-state index >= 15 is 0 Å². The summed E-state index contributed by atoms with van der Waals surface area (Å²) in [7, 11) is 0. The molecule has 0 fully saturated rings. The number of carbonyl (C=O) groups excluding carboxylic acids is 2. The van der Waals surface area contributed by atoms with Crippen molar-refractivity contribution in [1.29, 1.82) is 0 Å². The Labute approximate surface area is 121 Å². The van der Waals surface area contributed by atoms with Crippen LogP contribution in [-0.4, -0.2) is 23.1 Å². The Kier molecular flexibility index (Phi) is 4.61. The molecule has 0 spiro atoms. The van der Waals surface area contributed by atoms with E-state index in [4.69, 9.17) is 14.3 Å². The van der Waals surface area contributed by atoms with Crippen LogP contribution in [0, 0.1) is 0 Å². The number of hydrogen-bond acceptors (Lipinski definition) is 5. The highest BCUT2D eigenvalue weighted by Crippen LogP contribution is 2.11. The van der Waals surface area contributed by atoms with Crippen molar-refractivity contribution in [3.05, 3.63) is 54.0 Å². The molecule has 0 saturated heterocycles. The van der Waals surface area contributed by atoms with Crippen LogP contribution in [0.25, 0.3) is 0 Å². The third kappa shape index (κ3) is 4.10. The molecule has 0 radical (unpaired) electrons. The predicted molar refractivity (Wildman–Crippen MR) is 73.5 cm³/mol. The molecule has 2 aromatic rings. The molecule has 0 saturated carbocycles. The molecule has 0 unspecified atom stereocenters. The lowest BCUT2D eigenvalue weighted by Crippen LogP contribution is -2.35. The van der Waals surface area contributed by atoms with E-state index in [2.05, 4.69) is 5.32 Å². The Bertz CT molecular complexity index is 604. The van der Waals surface area contributed by atoms with Crippen molar-refractivity contribution in [2.45, 2.75) is 19.6 Å². The summed E-state index contributed by atoms with van der Waals surface area (Å²) in [5.74, 6) is -0.384. The van der Waals surface area contributed by atoms with E-state index in [1.165, 1.54) is 37.5 Å². The Morgan fingerprint density at radius 1 is 1.29 bits per heavy atom. The number of furan rings is 1. The average molecular weight is 289 g/mol. The van der Waals surface area contributed by atoms with Crippen LogP contribution >= 0.6 is 0 Å². The summed E-state index contributed by atoms with van der Waals surface area (Å²) in [6.07, 6.45) is 0.580. The van der Waals surface area contributed by atoms with Crippen molar-refractivity contribution >= 4 is 11.9 Å². The molecule has 0 aliphatic rings. The summed E-state index contributed by atoms with van der Waals surface area (Å²) in [5, 5.41) is 11.7. The Hall–Kier alpha value is -2.76. The van der Waals surface area contributed by atoms with Crippen LogP contribution in [0.3, 0.4) is 0 Å². The largest absolute Gasteiger partial charge is 0.508 e. The van der Waals surface area contributed by atoms with Gasteiger partial charge in [-0.05, 0) is 43.3 Å². The number of nitrogens with one attached hydrogen (secondary N) is 1. The van der Waals surface area contributed by atoms with Crippen LogP contribution in [0.5, 0.6) is 5.75 Å². The van der Waals surface area contributed by atoms with Crippen molar-refractivity contribution in [2.24, 2.45) is 0 Å². The van der Waals surface area contributed by atoms with Crippen LogP contribution in [0.1, 0.15) is 23.0 Å². The van der Waals surface area contributed by atoms with Gasteiger partial charge in [0.1, 0.15) is 11.5 Å². The van der Waals surface area contributed by atoms with E-state index in [0.29, 0.717) is 5.76 Å². The number of amides is 1. The minimum absolute atomic E-state index is 0.0517. The fraction of sp³-hybridized carbons (Fsp3) is 0.200. The second-order valence-electron chi connectivity index (χ2n) is 4.39. The molecule has 110 valence electrons. The molecule has 0 bridgehead atoms. The molecular weight excluding hydrogens is 274 g/mol. The molecule has 1 amide bonds. The van der Waals surface area contributed by atoms with Crippen LogP contribution in [-0.2, 0) is 16.1 Å². The number of carbonyl (C=O) groups is 2. The number of esters is 1. The first-order chi connectivity index (χ1) is 10.1. The van der Waals surface area contributed by atoms with E-state index in [0.717, 1.165) is 0 Å². The lowest BCUT2D eigenvalue weighted by atomic mass is 10.2. The fourth-order valence-corrected chi connectivity index (χ4v) is 1.61. The summed E-state index contributed by atoms with van der Waals surface area (Å²) in [4.78, 5) is 23.6. The van der Waals surface area contributed by atoms with Gasteiger partial charge in [-0.2, -0.15) is 0 Å². The first kappa shape index (κ1) is 14.6. The molecule has 6 heteroatoms. The molecule has 1 aromatic carbocycles. The Balaban J connectivity index is 1.85.